The maximum atomic E-state index is 13.7. The first-order valence-electron chi connectivity index (χ1n) is 12.4. The molecule has 0 aliphatic rings. The Bertz CT molecular complexity index is 1480. The van der Waals surface area contributed by atoms with Crippen molar-refractivity contribution in [3.05, 3.63) is 130 Å². The fraction of sp³-hybridized carbons (Fsp3) is 0.125. The van der Waals surface area contributed by atoms with Crippen molar-refractivity contribution in [2.45, 2.75) is 18.8 Å². The number of hydrogen-bond acceptors (Lipinski definition) is 4. The van der Waals surface area contributed by atoms with E-state index in [0.29, 0.717) is 16.7 Å². The van der Waals surface area contributed by atoms with Crippen LogP contribution in [0.25, 0.3) is 11.1 Å². The molecule has 0 saturated heterocycles. The lowest BCUT2D eigenvalue weighted by Gasteiger charge is -2.17. The van der Waals surface area contributed by atoms with E-state index in [1.54, 1.807) is 30.3 Å². The Balaban J connectivity index is 1.59. The minimum Gasteiger partial charge on any atom is -0.481 e. The molecule has 196 valence electrons. The van der Waals surface area contributed by atoms with E-state index >= 15 is 0 Å². The second-order valence-corrected chi connectivity index (χ2v) is 9.94. The Morgan fingerprint density at radius 2 is 1.36 bits per heavy atom. The van der Waals surface area contributed by atoms with Crippen LogP contribution in [-0.4, -0.2) is 35.1 Å². The van der Waals surface area contributed by atoms with E-state index in [-0.39, 0.29) is 31.0 Å². The van der Waals surface area contributed by atoms with E-state index in [9.17, 15) is 19.2 Å². The SMILES string of the molecule is O=C(O)CCNC(=O)c1ccc(C(=O)C(CC(=O)c2cccc(Br)c2)c2ccc(-c3ccccc3)cc2)cc1. The van der Waals surface area contributed by atoms with Crippen LogP contribution in [0.3, 0.4) is 0 Å². The summed E-state index contributed by atoms with van der Waals surface area (Å²) in [6, 6.07) is 30.8. The van der Waals surface area contributed by atoms with Crippen molar-refractivity contribution in [3.8, 4) is 11.1 Å². The maximum Gasteiger partial charge on any atom is 0.305 e. The zero-order valence-electron chi connectivity index (χ0n) is 21.0. The van der Waals surface area contributed by atoms with Gasteiger partial charge >= 0.3 is 5.97 Å². The zero-order chi connectivity index (χ0) is 27.8. The molecule has 4 aromatic carbocycles. The number of rotatable bonds is 11. The highest BCUT2D eigenvalue weighted by molar-refractivity contribution is 9.10. The van der Waals surface area contributed by atoms with Crippen LogP contribution in [-0.2, 0) is 4.79 Å². The highest BCUT2D eigenvalue weighted by atomic mass is 79.9. The number of halogens is 1. The third kappa shape index (κ3) is 7.36. The van der Waals surface area contributed by atoms with Gasteiger partial charge in [-0.3, -0.25) is 19.2 Å². The van der Waals surface area contributed by atoms with Crippen LogP contribution in [0.4, 0.5) is 0 Å². The average molecular weight is 584 g/mol. The van der Waals surface area contributed by atoms with Crippen LogP contribution < -0.4 is 5.32 Å². The smallest absolute Gasteiger partial charge is 0.305 e. The lowest BCUT2D eigenvalue weighted by Crippen LogP contribution is -2.26. The van der Waals surface area contributed by atoms with E-state index in [4.69, 9.17) is 5.11 Å². The van der Waals surface area contributed by atoms with Gasteiger partial charge in [0.2, 0.25) is 0 Å². The second-order valence-electron chi connectivity index (χ2n) is 9.02. The highest BCUT2D eigenvalue weighted by Gasteiger charge is 2.26. The Morgan fingerprint density at radius 3 is 2.00 bits per heavy atom. The molecule has 1 atom stereocenters. The van der Waals surface area contributed by atoms with Crippen molar-refractivity contribution in [2.24, 2.45) is 0 Å². The highest BCUT2D eigenvalue weighted by Crippen LogP contribution is 2.29. The number of Topliss-reactive ketones (excluding diaryl/α,β-unsaturated/α-hetero) is 2. The summed E-state index contributed by atoms with van der Waals surface area (Å²) < 4.78 is 0.778. The third-order valence-electron chi connectivity index (χ3n) is 6.33. The molecule has 4 aromatic rings. The van der Waals surface area contributed by atoms with Crippen LogP contribution in [0, 0.1) is 0 Å². The van der Waals surface area contributed by atoms with Gasteiger partial charge in [-0.15, -0.1) is 0 Å². The van der Waals surface area contributed by atoms with Crippen molar-refractivity contribution < 1.29 is 24.3 Å². The van der Waals surface area contributed by atoms with Crippen molar-refractivity contribution in [1.82, 2.24) is 5.32 Å². The third-order valence-corrected chi connectivity index (χ3v) is 6.82. The Kier molecular flexibility index (Phi) is 9.18. The van der Waals surface area contributed by atoms with Gasteiger partial charge in [-0.2, -0.15) is 0 Å². The minimum atomic E-state index is -1.00. The van der Waals surface area contributed by atoms with E-state index in [1.165, 1.54) is 12.1 Å². The van der Waals surface area contributed by atoms with Gasteiger partial charge in [0.15, 0.2) is 11.6 Å². The second kappa shape index (κ2) is 12.9. The summed E-state index contributed by atoms with van der Waals surface area (Å²) in [7, 11) is 0. The number of aliphatic carboxylic acids is 1. The monoisotopic (exact) mass is 583 g/mol. The summed E-state index contributed by atoms with van der Waals surface area (Å²) >= 11 is 3.40. The molecule has 2 N–H and O–H groups in total. The van der Waals surface area contributed by atoms with Crippen molar-refractivity contribution >= 4 is 39.4 Å². The molecule has 0 aromatic heterocycles. The van der Waals surface area contributed by atoms with E-state index in [2.05, 4.69) is 21.2 Å². The molecule has 1 amide bonds. The molecule has 6 nitrogen and oxygen atoms in total. The number of ketones is 2. The first-order valence-corrected chi connectivity index (χ1v) is 13.2. The molecule has 1 unspecified atom stereocenters. The number of carbonyl (C=O) groups excluding carboxylic acids is 3. The topological polar surface area (TPSA) is 101 Å². The number of benzene rings is 4. The molecule has 0 bridgehead atoms. The average Bonchev–Trinajstić information content (AvgIpc) is 2.96. The van der Waals surface area contributed by atoms with E-state index < -0.39 is 17.8 Å². The minimum absolute atomic E-state index is 0.00755. The van der Waals surface area contributed by atoms with Gasteiger partial charge in [0, 0.05) is 34.1 Å². The Morgan fingerprint density at radius 1 is 0.718 bits per heavy atom. The summed E-state index contributed by atoms with van der Waals surface area (Å²) in [5, 5.41) is 11.3. The van der Waals surface area contributed by atoms with Crippen molar-refractivity contribution in [3.63, 3.8) is 0 Å². The molecule has 4 rings (SSSR count). The quantitative estimate of drug-likeness (QED) is 0.195. The number of hydrogen-bond donors (Lipinski definition) is 2. The Hall–Kier alpha value is -4.36. The molecule has 0 radical (unpaired) electrons. The predicted molar refractivity (Wildman–Crippen MR) is 153 cm³/mol. The number of nitrogens with one attached hydrogen (secondary N) is 1. The maximum absolute atomic E-state index is 13.7. The summed E-state index contributed by atoms with van der Waals surface area (Å²) in [5.41, 5.74) is 3.97. The first-order chi connectivity index (χ1) is 18.8. The number of amides is 1. The molecule has 39 heavy (non-hydrogen) atoms. The van der Waals surface area contributed by atoms with Crippen LogP contribution in [0.5, 0.6) is 0 Å². The van der Waals surface area contributed by atoms with Crippen molar-refractivity contribution in [2.75, 3.05) is 6.54 Å². The summed E-state index contributed by atoms with van der Waals surface area (Å²) in [6.07, 6.45) is -0.198. The van der Waals surface area contributed by atoms with Gasteiger partial charge in [0.1, 0.15) is 0 Å². The molecule has 0 spiro atoms. The summed E-state index contributed by atoms with van der Waals surface area (Å²) in [6.45, 7) is 0.00755. The largest absolute Gasteiger partial charge is 0.481 e. The molecule has 0 aliphatic heterocycles. The van der Waals surface area contributed by atoms with Crippen LogP contribution in [0.2, 0.25) is 0 Å². The molecular weight excluding hydrogens is 558 g/mol. The molecule has 0 saturated carbocycles. The van der Waals surface area contributed by atoms with Gasteiger partial charge in [0.05, 0.1) is 12.3 Å². The van der Waals surface area contributed by atoms with E-state index in [0.717, 1.165) is 21.2 Å². The van der Waals surface area contributed by atoms with Gasteiger partial charge in [-0.25, -0.2) is 0 Å². The fourth-order valence-corrected chi connectivity index (χ4v) is 4.64. The van der Waals surface area contributed by atoms with Crippen molar-refractivity contribution in [1.29, 1.82) is 0 Å². The summed E-state index contributed by atoms with van der Waals surface area (Å²) in [5.74, 6) is -2.54. The molecular formula is C32H26BrNO5. The van der Waals surface area contributed by atoms with Gasteiger partial charge in [0.25, 0.3) is 5.91 Å². The fourth-order valence-electron chi connectivity index (χ4n) is 4.24. The van der Waals surface area contributed by atoms with Crippen LogP contribution >= 0.6 is 15.9 Å². The van der Waals surface area contributed by atoms with Crippen LogP contribution in [0.1, 0.15) is 55.4 Å². The lowest BCUT2D eigenvalue weighted by atomic mass is 9.84. The van der Waals surface area contributed by atoms with Crippen LogP contribution in [0.15, 0.2) is 108 Å². The molecule has 0 heterocycles. The normalized spacial score (nSPS) is 11.4. The van der Waals surface area contributed by atoms with E-state index in [1.807, 2.05) is 60.7 Å². The summed E-state index contributed by atoms with van der Waals surface area (Å²) in [4.78, 5) is 49.9. The van der Waals surface area contributed by atoms with Gasteiger partial charge < -0.3 is 10.4 Å². The predicted octanol–water partition coefficient (Wildman–Crippen LogP) is 6.56. The van der Waals surface area contributed by atoms with Gasteiger partial charge in [-0.05, 0) is 41.0 Å². The molecule has 0 aliphatic carbocycles. The van der Waals surface area contributed by atoms with Gasteiger partial charge in [-0.1, -0.05) is 94.8 Å². The standard InChI is InChI=1S/C32H26BrNO5/c33-27-8-4-7-26(19-27)29(35)20-28(23-11-9-22(10-12-23)21-5-2-1-3-6-21)31(38)24-13-15-25(16-14-24)32(39)34-18-17-30(36)37/h1-16,19,28H,17-18,20H2,(H,34,39)(H,36,37). The zero-order valence-corrected chi connectivity index (χ0v) is 22.6. The lowest BCUT2D eigenvalue weighted by molar-refractivity contribution is -0.136. The number of carbonyl (C=O) groups is 4. The molecule has 0 fully saturated rings. The number of carboxylic acid groups (broad SMARTS) is 1. The Labute approximate surface area is 234 Å². The molecule has 7 heteroatoms. The first kappa shape index (κ1) is 27.7. The number of carboxylic acids is 1.